The Morgan fingerprint density at radius 1 is 1.24 bits per heavy atom. The Kier molecular flexibility index (Phi) is 6.39. The molecule has 2 aromatic carbocycles. The molecule has 0 spiro atoms. The molecule has 0 aliphatic rings. The maximum Gasteiger partial charge on any atom is 0.292 e. The van der Waals surface area contributed by atoms with Crippen LogP contribution in [0.25, 0.3) is 0 Å². The Morgan fingerprint density at radius 3 is 2.69 bits per heavy atom. The van der Waals surface area contributed by atoms with Crippen molar-refractivity contribution in [1.82, 2.24) is 14.8 Å². The summed E-state index contributed by atoms with van der Waals surface area (Å²) >= 11 is 1.14. The van der Waals surface area contributed by atoms with Crippen molar-refractivity contribution in [2.75, 3.05) is 11.1 Å². The lowest BCUT2D eigenvalue weighted by atomic mass is 10.2. The number of thioether (sulfide) groups is 1. The number of nitro groups is 1. The molecule has 0 radical (unpaired) electrons. The molecular weight excluding hydrogens is 401 g/mol. The fourth-order valence-electron chi connectivity index (χ4n) is 2.33. The Hall–Kier alpha value is -3.47. The molecule has 0 fully saturated rings. The molecule has 11 heteroatoms. The first-order chi connectivity index (χ1) is 13.9. The normalized spacial score (nSPS) is 10.6. The van der Waals surface area contributed by atoms with Gasteiger partial charge in [-0.3, -0.25) is 14.9 Å². The van der Waals surface area contributed by atoms with E-state index in [0.29, 0.717) is 16.7 Å². The van der Waals surface area contributed by atoms with E-state index in [0.717, 1.165) is 11.8 Å². The van der Waals surface area contributed by atoms with E-state index in [-0.39, 0.29) is 29.6 Å². The zero-order valence-electron chi connectivity index (χ0n) is 15.2. The smallest absolute Gasteiger partial charge is 0.292 e. The first-order valence-electron chi connectivity index (χ1n) is 8.36. The quantitative estimate of drug-likeness (QED) is 0.340. The highest BCUT2D eigenvalue weighted by atomic mass is 32.2. The van der Waals surface area contributed by atoms with Gasteiger partial charge in [0.1, 0.15) is 23.9 Å². The molecule has 9 nitrogen and oxygen atoms in total. The number of amides is 1. The lowest BCUT2D eigenvalue weighted by molar-refractivity contribution is -0.383. The minimum atomic E-state index is -0.557. The zero-order chi connectivity index (χ0) is 20.8. The standard InChI is InChI=1S/C18H16FN5O4S/c1-23-16(10-28-13-8-6-12(19)7-9-13)21-22-18(23)29-11-17(25)20-14-4-2-3-5-15(14)24(26)27/h2-9H,10-11H2,1H3,(H,20,25). The summed E-state index contributed by atoms with van der Waals surface area (Å²) in [6.45, 7) is 0.123. The summed E-state index contributed by atoms with van der Waals surface area (Å²) in [5, 5.41) is 22.1. The first-order valence-corrected chi connectivity index (χ1v) is 9.35. The van der Waals surface area contributed by atoms with E-state index in [9.17, 15) is 19.3 Å². The van der Waals surface area contributed by atoms with Crippen LogP contribution in [-0.4, -0.2) is 31.3 Å². The molecule has 0 saturated heterocycles. The van der Waals surface area contributed by atoms with Gasteiger partial charge in [0.05, 0.1) is 10.7 Å². The third-order valence-corrected chi connectivity index (χ3v) is 4.83. The van der Waals surface area contributed by atoms with Gasteiger partial charge in [0.25, 0.3) is 5.69 Å². The van der Waals surface area contributed by atoms with Gasteiger partial charge in [-0.05, 0) is 30.3 Å². The number of carbonyl (C=O) groups is 1. The van der Waals surface area contributed by atoms with E-state index in [1.807, 2.05) is 0 Å². The summed E-state index contributed by atoms with van der Waals surface area (Å²) in [7, 11) is 1.73. The van der Waals surface area contributed by atoms with Crippen LogP contribution < -0.4 is 10.1 Å². The van der Waals surface area contributed by atoms with Crippen molar-refractivity contribution in [2.45, 2.75) is 11.8 Å². The van der Waals surface area contributed by atoms with Crippen LogP contribution in [0.4, 0.5) is 15.8 Å². The van der Waals surface area contributed by atoms with E-state index >= 15 is 0 Å². The van der Waals surface area contributed by atoms with Crippen molar-refractivity contribution in [3.8, 4) is 5.75 Å². The van der Waals surface area contributed by atoms with Gasteiger partial charge in [0.2, 0.25) is 5.91 Å². The lowest BCUT2D eigenvalue weighted by Gasteiger charge is -2.07. The van der Waals surface area contributed by atoms with Crippen LogP contribution in [-0.2, 0) is 18.4 Å². The van der Waals surface area contributed by atoms with E-state index in [4.69, 9.17) is 4.74 Å². The molecule has 1 N–H and O–H groups in total. The van der Waals surface area contributed by atoms with Crippen LogP contribution in [0.15, 0.2) is 53.7 Å². The van der Waals surface area contributed by atoms with Gasteiger partial charge < -0.3 is 14.6 Å². The fourth-order valence-corrected chi connectivity index (χ4v) is 3.06. The van der Waals surface area contributed by atoms with Gasteiger partial charge in [-0.25, -0.2) is 4.39 Å². The van der Waals surface area contributed by atoms with Gasteiger partial charge >= 0.3 is 0 Å². The van der Waals surface area contributed by atoms with E-state index in [2.05, 4.69) is 15.5 Å². The predicted molar refractivity (Wildman–Crippen MR) is 104 cm³/mol. The van der Waals surface area contributed by atoms with Gasteiger partial charge in [-0.1, -0.05) is 23.9 Å². The highest BCUT2D eigenvalue weighted by Crippen LogP contribution is 2.24. The largest absolute Gasteiger partial charge is 0.486 e. The molecule has 150 valence electrons. The number of ether oxygens (including phenoxy) is 1. The van der Waals surface area contributed by atoms with Crippen LogP contribution >= 0.6 is 11.8 Å². The topological polar surface area (TPSA) is 112 Å². The number of nitrogens with one attached hydrogen (secondary N) is 1. The maximum absolute atomic E-state index is 12.9. The van der Waals surface area contributed by atoms with Crippen LogP contribution in [0.3, 0.4) is 0 Å². The molecule has 29 heavy (non-hydrogen) atoms. The number of para-hydroxylation sites is 2. The Morgan fingerprint density at radius 2 is 1.97 bits per heavy atom. The highest BCUT2D eigenvalue weighted by molar-refractivity contribution is 7.99. The van der Waals surface area contributed by atoms with Crippen molar-refractivity contribution >= 4 is 29.0 Å². The Labute approximate surface area is 169 Å². The fraction of sp³-hybridized carbons (Fsp3) is 0.167. The lowest BCUT2D eigenvalue weighted by Crippen LogP contribution is -2.15. The number of halogens is 1. The Balaban J connectivity index is 1.55. The van der Waals surface area contributed by atoms with E-state index < -0.39 is 10.8 Å². The number of anilines is 1. The minimum Gasteiger partial charge on any atom is -0.486 e. The second-order valence-electron chi connectivity index (χ2n) is 5.81. The van der Waals surface area contributed by atoms with Crippen molar-refractivity contribution < 1.29 is 18.8 Å². The van der Waals surface area contributed by atoms with Crippen molar-refractivity contribution in [3.05, 3.63) is 70.3 Å². The van der Waals surface area contributed by atoms with E-state index in [1.54, 1.807) is 17.7 Å². The molecule has 1 amide bonds. The van der Waals surface area contributed by atoms with Gasteiger partial charge in [-0.2, -0.15) is 0 Å². The maximum atomic E-state index is 12.9. The zero-order valence-corrected chi connectivity index (χ0v) is 16.1. The molecule has 0 unspecified atom stereocenters. The van der Waals surface area contributed by atoms with Crippen LogP contribution in [0.2, 0.25) is 0 Å². The van der Waals surface area contributed by atoms with Crippen LogP contribution in [0.5, 0.6) is 5.75 Å². The van der Waals surface area contributed by atoms with Crippen LogP contribution in [0.1, 0.15) is 5.82 Å². The number of carbonyl (C=O) groups excluding carboxylic acids is 1. The molecule has 1 heterocycles. The SMILES string of the molecule is Cn1c(COc2ccc(F)cc2)nnc1SCC(=O)Nc1ccccc1[N+](=O)[O-]. The van der Waals surface area contributed by atoms with Gasteiger partial charge in [0.15, 0.2) is 11.0 Å². The monoisotopic (exact) mass is 417 g/mol. The second-order valence-corrected chi connectivity index (χ2v) is 6.75. The van der Waals surface area contributed by atoms with Gasteiger partial charge in [-0.15, -0.1) is 10.2 Å². The highest BCUT2D eigenvalue weighted by Gasteiger charge is 2.16. The minimum absolute atomic E-state index is 0.00313. The summed E-state index contributed by atoms with van der Waals surface area (Å²) in [5.74, 6) is 0.255. The number of rotatable bonds is 8. The predicted octanol–water partition coefficient (Wildman–Crippen LogP) is 3.17. The van der Waals surface area contributed by atoms with Crippen molar-refractivity contribution in [2.24, 2.45) is 7.05 Å². The molecule has 1 aromatic heterocycles. The molecule has 0 aliphatic carbocycles. The number of nitrogens with zero attached hydrogens (tertiary/aromatic N) is 4. The number of aromatic nitrogens is 3. The summed E-state index contributed by atoms with van der Waals surface area (Å²) in [6.07, 6.45) is 0. The van der Waals surface area contributed by atoms with Crippen molar-refractivity contribution in [3.63, 3.8) is 0 Å². The molecule has 3 rings (SSSR count). The second kappa shape index (κ2) is 9.15. The average Bonchev–Trinajstić information content (AvgIpc) is 3.06. The summed E-state index contributed by atoms with van der Waals surface area (Å²) in [5.41, 5.74) is -0.0424. The van der Waals surface area contributed by atoms with Crippen LogP contribution in [0, 0.1) is 15.9 Å². The molecule has 0 saturated carbocycles. The molecule has 0 bridgehead atoms. The first kappa shape index (κ1) is 20.3. The summed E-state index contributed by atoms with van der Waals surface area (Å²) in [6, 6.07) is 11.5. The number of hydrogen-bond donors (Lipinski definition) is 1. The molecule has 0 atom stereocenters. The Bertz CT molecular complexity index is 1030. The number of benzene rings is 2. The molecule has 3 aromatic rings. The number of nitro benzene ring substituents is 1. The molecular formula is C18H16FN5O4S. The summed E-state index contributed by atoms with van der Waals surface area (Å²) < 4.78 is 20.1. The van der Waals surface area contributed by atoms with Crippen molar-refractivity contribution in [1.29, 1.82) is 0 Å². The van der Waals surface area contributed by atoms with Gasteiger partial charge in [0, 0.05) is 13.1 Å². The third-order valence-electron chi connectivity index (χ3n) is 3.81. The average molecular weight is 417 g/mol. The summed E-state index contributed by atoms with van der Waals surface area (Å²) in [4.78, 5) is 22.6. The van der Waals surface area contributed by atoms with E-state index in [1.165, 1.54) is 42.5 Å². The number of hydrogen-bond acceptors (Lipinski definition) is 7. The third kappa shape index (κ3) is 5.29. The molecule has 0 aliphatic heterocycles.